The number of rotatable bonds is 56. The molecule has 0 heterocycles. The van der Waals surface area contributed by atoms with Crippen LogP contribution in [0.3, 0.4) is 0 Å². The molecule has 388 valence electrons. The quantitative estimate of drug-likeness (QED) is 0.0361. The largest absolute Gasteiger partial charge is 0.394 e. The molecule has 0 rings (SSSR count). The number of unbranched alkanes of at least 4 members (excludes halogenated alkanes) is 47. The van der Waals surface area contributed by atoms with E-state index < -0.39 is 18.2 Å². The van der Waals surface area contributed by atoms with E-state index in [-0.39, 0.29) is 18.9 Å². The highest BCUT2D eigenvalue weighted by atomic mass is 16.3. The monoisotopic (exact) mass is 918 g/mol. The van der Waals surface area contributed by atoms with Crippen LogP contribution in [0.4, 0.5) is 0 Å². The zero-order valence-corrected chi connectivity index (χ0v) is 44.4. The number of aliphatic hydroxyl groups is 3. The SMILES string of the molecule is CCCCCCCCCCCCCCCCCCCC/C=C/C(O)C(CO)NC(=O)CC(O)CCCCCCCCCCCCCCCCCCCCCCCCCCCCCCCC. The molecular weight excluding hydrogens is 799 g/mol. The summed E-state index contributed by atoms with van der Waals surface area (Å²) < 4.78 is 0. The van der Waals surface area contributed by atoms with Crippen LogP contribution in [0, 0.1) is 0 Å². The van der Waals surface area contributed by atoms with Crippen LogP contribution in [-0.2, 0) is 4.79 Å². The van der Waals surface area contributed by atoms with Gasteiger partial charge in [-0.25, -0.2) is 0 Å². The molecule has 0 aliphatic rings. The fourth-order valence-corrected chi connectivity index (χ4v) is 9.76. The van der Waals surface area contributed by atoms with Gasteiger partial charge in [-0.1, -0.05) is 328 Å². The first-order chi connectivity index (χ1) is 32.0. The molecule has 0 fully saturated rings. The summed E-state index contributed by atoms with van der Waals surface area (Å²) in [7, 11) is 0. The van der Waals surface area contributed by atoms with E-state index in [1.807, 2.05) is 6.08 Å². The van der Waals surface area contributed by atoms with E-state index in [9.17, 15) is 20.1 Å². The lowest BCUT2D eigenvalue weighted by Crippen LogP contribution is -2.45. The third kappa shape index (κ3) is 52.3. The van der Waals surface area contributed by atoms with Gasteiger partial charge in [0.15, 0.2) is 0 Å². The van der Waals surface area contributed by atoms with Crippen molar-refractivity contribution in [3.63, 3.8) is 0 Å². The van der Waals surface area contributed by atoms with Crippen molar-refractivity contribution in [1.82, 2.24) is 5.32 Å². The van der Waals surface area contributed by atoms with Crippen molar-refractivity contribution in [1.29, 1.82) is 0 Å². The minimum atomic E-state index is -0.926. The molecule has 0 bridgehead atoms. The van der Waals surface area contributed by atoms with E-state index in [0.717, 1.165) is 25.7 Å². The zero-order valence-electron chi connectivity index (χ0n) is 44.4. The molecule has 0 aliphatic heterocycles. The number of aliphatic hydroxyl groups excluding tert-OH is 3. The van der Waals surface area contributed by atoms with Crippen LogP contribution in [-0.4, -0.2) is 46.1 Å². The average Bonchev–Trinajstić information content (AvgIpc) is 3.30. The van der Waals surface area contributed by atoms with Gasteiger partial charge >= 0.3 is 0 Å². The Morgan fingerprint density at radius 2 is 0.631 bits per heavy atom. The fraction of sp³-hybridized carbons (Fsp3) is 0.950. The van der Waals surface area contributed by atoms with E-state index in [0.29, 0.717) is 6.42 Å². The first kappa shape index (κ1) is 64.1. The maximum atomic E-state index is 12.5. The second-order valence-electron chi connectivity index (χ2n) is 21.0. The summed E-state index contributed by atoms with van der Waals surface area (Å²) in [5.41, 5.74) is 0. The van der Waals surface area contributed by atoms with E-state index in [1.54, 1.807) is 6.08 Å². The lowest BCUT2D eigenvalue weighted by atomic mass is 10.0. The van der Waals surface area contributed by atoms with Gasteiger partial charge in [-0.3, -0.25) is 4.79 Å². The first-order valence-corrected chi connectivity index (χ1v) is 30.0. The standard InChI is InChI=1S/C60H119NO4/c1-3-5-7-9-11-13-15-17-19-21-23-25-26-27-28-29-30-31-32-33-34-35-37-39-41-43-45-47-49-51-53-57(63)55-60(65)61-58(56-62)59(64)54-52-50-48-46-44-42-40-38-36-24-22-20-18-16-14-12-10-8-6-4-2/h52,54,57-59,62-64H,3-51,53,55-56H2,1-2H3,(H,61,65)/b54-52+. The highest BCUT2D eigenvalue weighted by molar-refractivity contribution is 5.76. The molecule has 1 amide bonds. The van der Waals surface area contributed by atoms with Crippen LogP contribution >= 0.6 is 0 Å². The molecule has 0 saturated carbocycles. The predicted molar refractivity (Wildman–Crippen MR) is 287 cm³/mol. The van der Waals surface area contributed by atoms with Crippen molar-refractivity contribution in [2.75, 3.05) is 6.61 Å². The smallest absolute Gasteiger partial charge is 0.222 e. The van der Waals surface area contributed by atoms with Gasteiger partial charge in [-0.2, -0.15) is 0 Å². The van der Waals surface area contributed by atoms with Crippen LogP contribution in [0.25, 0.3) is 0 Å². The minimum Gasteiger partial charge on any atom is -0.394 e. The van der Waals surface area contributed by atoms with Crippen molar-refractivity contribution < 1.29 is 20.1 Å². The van der Waals surface area contributed by atoms with Gasteiger partial charge in [-0.05, 0) is 19.3 Å². The highest BCUT2D eigenvalue weighted by Gasteiger charge is 2.20. The third-order valence-corrected chi connectivity index (χ3v) is 14.3. The summed E-state index contributed by atoms with van der Waals surface area (Å²) >= 11 is 0. The Morgan fingerprint density at radius 1 is 0.385 bits per heavy atom. The Kier molecular flexibility index (Phi) is 54.9. The Morgan fingerprint density at radius 3 is 0.892 bits per heavy atom. The second kappa shape index (κ2) is 55.7. The van der Waals surface area contributed by atoms with Gasteiger partial charge in [0.1, 0.15) is 0 Å². The molecule has 65 heavy (non-hydrogen) atoms. The molecule has 0 aromatic rings. The van der Waals surface area contributed by atoms with Gasteiger partial charge in [0.2, 0.25) is 5.91 Å². The van der Waals surface area contributed by atoms with E-state index in [2.05, 4.69) is 19.2 Å². The van der Waals surface area contributed by atoms with Crippen LogP contribution in [0.2, 0.25) is 0 Å². The molecule has 3 atom stereocenters. The predicted octanol–water partition coefficient (Wildman–Crippen LogP) is 18.7. The number of nitrogens with one attached hydrogen (secondary N) is 1. The van der Waals surface area contributed by atoms with Crippen molar-refractivity contribution in [3.05, 3.63) is 12.2 Å². The average molecular weight is 919 g/mol. The highest BCUT2D eigenvalue weighted by Crippen LogP contribution is 2.19. The summed E-state index contributed by atoms with van der Waals surface area (Å²) in [4.78, 5) is 12.5. The Bertz CT molecular complexity index is 925. The molecule has 3 unspecified atom stereocenters. The molecule has 0 aliphatic carbocycles. The van der Waals surface area contributed by atoms with Crippen LogP contribution in [0.1, 0.15) is 341 Å². The molecule has 0 aromatic carbocycles. The zero-order chi connectivity index (χ0) is 47.2. The topological polar surface area (TPSA) is 89.8 Å². The van der Waals surface area contributed by atoms with Crippen LogP contribution in [0.15, 0.2) is 12.2 Å². The summed E-state index contributed by atoms with van der Waals surface area (Å²) in [6.07, 6.45) is 69.9. The van der Waals surface area contributed by atoms with E-state index >= 15 is 0 Å². The van der Waals surface area contributed by atoms with Crippen molar-refractivity contribution in [2.45, 2.75) is 360 Å². The number of hydrogen-bond donors (Lipinski definition) is 4. The molecule has 5 heteroatoms. The van der Waals surface area contributed by atoms with Crippen molar-refractivity contribution >= 4 is 5.91 Å². The Balaban J connectivity index is 3.49. The second-order valence-corrected chi connectivity index (χ2v) is 21.0. The molecule has 0 radical (unpaired) electrons. The molecule has 4 N–H and O–H groups in total. The van der Waals surface area contributed by atoms with Gasteiger partial charge in [0.25, 0.3) is 0 Å². The molecule has 0 spiro atoms. The van der Waals surface area contributed by atoms with Crippen molar-refractivity contribution in [2.24, 2.45) is 0 Å². The van der Waals surface area contributed by atoms with Gasteiger partial charge in [-0.15, -0.1) is 0 Å². The number of amides is 1. The number of carbonyl (C=O) groups is 1. The first-order valence-electron chi connectivity index (χ1n) is 30.0. The normalized spacial score (nSPS) is 13.2. The van der Waals surface area contributed by atoms with Crippen LogP contribution in [0.5, 0.6) is 0 Å². The maximum Gasteiger partial charge on any atom is 0.222 e. The number of allylic oxidation sites excluding steroid dienone is 1. The maximum absolute atomic E-state index is 12.5. The van der Waals surface area contributed by atoms with Crippen LogP contribution < -0.4 is 5.32 Å². The fourth-order valence-electron chi connectivity index (χ4n) is 9.76. The third-order valence-electron chi connectivity index (χ3n) is 14.3. The Hall–Kier alpha value is -0.910. The van der Waals surface area contributed by atoms with Gasteiger partial charge in [0, 0.05) is 0 Å². The lowest BCUT2D eigenvalue weighted by Gasteiger charge is -2.21. The minimum absolute atomic E-state index is 0.0196. The summed E-state index contributed by atoms with van der Waals surface area (Å²) in [5.74, 6) is -0.307. The molecule has 0 saturated heterocycles. The van der Waals surface area contributed by atoms with E-state index in [4.69, 9.17) is 0 Å². The van der Waals surface area contributed by atoms with E-state index in [1.165, 1.54) is 289 Å². The molecule has 0 aromatic heterocycles. The van der Waals surface area contributed by atoms with Gasteiger partial charge < -0.3 is 20.6 Å². The lowest BCUT2D eigenvalue weighted by molar-refractivity contribution is -0.124. The number of hydrogen-bond acceptors (Lipinski definition) is 4. The summed E-state index contributed by atoms with van der Waals surface area (Å²) in [6, 6.07) is -0.741. The number of carbonyl (C=O) groups excluding carboxylic acids is 1. The molecular formula is C60H119NO4. The van der Waals surface area contributed by atoms with Crippen molar-refractivity contribution in [3.8, 4) is 0 Å². The summed E-state index contributed by atoms with van der Waals surface area (Å²) in [5, 5.41) is 33.5. The van der Waals surface area contributed by atoms with Gasteiger partial charge in [0.05, 0.1) is 31.3 Å². The Labute approximate surface area is 408 Å². The summed E-state index contributed by atoms with van der Waals surface area (Å²) in [6.45, 7) is 4.26. The molecule has 5 nitrogen and oxygen atoms in total.